The van der Waals surface area contributed by atoms with Gasteiger partial charge in [0.05, 0.1) is 116 Å². The molecule has 678 valence electrons. The fourth-order valence-electron chi connectivity index (χ4n) is 17.2. The van der Waals surface area contributed by atoms with E-state index in [2.05, 4.69) is 92.8 Å². The smallest absolute Gasteiger partial charge is 0.318 e. The lowest BCUT2D eigenvalue weighted by Gasteiger charge is -2.41. The second-order valence-corrected chi connectivity index (χ2v) is 32.8. The number of carbonyl (C=O) groups is 3. The fraction of sp³-hybridized carbons (Fsp3) is 0.440. The van der Waals surface area contributed by atoms with Crippen molar-refractivity contribution in [1.29, 1.82) is 0 Å². The minimum atomic E-state index is -1.04. The first-order valence-electron chi connectivity index (χ1n) is 42.5. The summed E-state index contributed by atoms with van der Waals surface area (Å²) in [7, 11) is 0. The Morgan fingerprint density at radius 2 is 0.752 bits per heavy atom. The van der Waals surface area contributed by atoms with Gasteiger partial charge >= 0.3 is 18.0 Å². The highest BCUT2D eigenvalue weighted by Gasteiger charge is 2.42. The van der Waals surface area contributed by atoms with Gasteiger partial charge in [-0.25, -0.2) is 37.3 Å². The van der Waals surface area contributed by atoms with E-state index in [0.717, 1.165) is 118 Å². The molecule has 3 aromatic carbocycles. The maximum absolute atomic E-state index is 14.9. The lowest BCUT2D eigenvalue weighted by Crippen LogP contribution is -2.57. The van der Waals surface area contributed by atoms with Crippen molar-refractivity contribution in [2.75, 3.05) is 167 Å². The van der Waals surface area contributed by atoms with Crippen LogP contribution in [0.4, 0.5) is 52.1 Å². The summed E-state index contributed by atoms with van der Waals surface area (Å²) in [5, 5.41) is 6.06. The van der Waals surface area contributed by atoms with Crippen LogP contribution >= 0.6 is 52.1 Å². The molecule has 3 aliphatic carbocycles. The third kappa shape index (κ3) is 22.3. The molecule has 9 aliphatic rings. The van der Waals surface area contributed by atoms with Crippen LogP contribution in [0.25, 0.3) is 46.9 Å². The average molecular weight is 1840 g/mol. The number of aryl methyl sites for hydroxylation is 1. The lowest BCUT2D eigenvalue weighted by molar-refractivity contribution is -0.131. The van der Waals surface area contributed by atoms with Crippen LogP contribution in [-0.4, -0.2) is 252 Å². The first-order chi connectivity index (χ1) is 61.3. The van der Waals surface area contributed by atoms with Gasteiger partial charge < -0.3 is 87.1 Å². The van der Waals surface area contributed by atoms with E-state index in [9.17, 15) is 31.9 Å². The van der Waals surface area contributed by atoms with Crippen molar-refractivity contribution in [1.82, 2.24) is 59.6 Å². The van der Waals surface area contributed by atoms with Crippen LogP contribution < -0.4 is 43.6 Å². The Bertz CT molecular complexity index is 5230. The molecular weight excluding hydrogens is 1740 g/mol. The number of rotatable bonds is 27. The number of hydrogen-bond donors (Lipinski definition) is 0. The zero-order chi connectivity index (χ0) is 87.6. The molecule has 0 N–H and O–H groups in total. The van der Waals surface area contributed by atoms with Gasteiger partial charge in [0, 0.05) is 146 Å². The standard InChI is InChI=1S/C31H34FN7O3.C30H31ClFN7O3.C30H31F2N7O3.3H2S/c1-20-5-4-6-22-15-34-17-27(28(20)22)37-10-9-25-26(19-37)35-31(42-14-13-41-24-7-8-24)36-29(25)38-11-12-39(30(40)21(2)32)23(18-38)16-33-3;1-19(32)29(40)39-11-10-38(17-21(39)15-33-2)28-23-8-9-37(26-16-34-14-20-4-3-5-24(31)27(20)26)18-25(23)35-30(36-28)42-13-12-41-22-6-7-22;1-19(31)29(40)39-11-10-38(17-21(39)15-33-2)28-23-8-9-37(26-16-34-14-20-4-3-5-24(32)27(20)26)18-25(23)35-30(36-28)42-13-12-41-22-6-7-22;;;/h4-6,15,17,23-24H,2,7-14,16,18-19H2,1H3;2*3-5,14,16,21-22H,1,6-13,15,17-18H2;3*1H2/t23-;2*21-;;;/m000.../s1. The van der Waals surface area contributed by atoms with Crippen LogP contribution in [0.3, 0.4) is 0 Å². The number of hydrogen-bond acceptors (Lipinski definition) is 24. The Labute approximate surface area is 771 Å². The number of ether oxygens (including phenoxy) is 6. The van der Waals surface area contributed by atoms with Crippen LogP contribution in [-0.2, 0) is 67.5 Å². The second-order valence-electron chi connectivity index (χ2n) is 32.4. The number of fused-ring (bicyclic) bond motifs is 6. The van der Waals surface area contributed by atoms with E-state index in [1.54, 1.807) is 24.7 Å². The van der Waals surface area contributed by atoms with Gasteiger partial charge in [-0.05, 0) is 82.4 Å². The first-order valence-corrected chi connectivity index (χ1v) is 42.9. The van der Waals surface area contributed by atoms with Gasteiger partial charge in [0.1, 0.15) is 61.2 Å². The molecule has 18 rings (SSSR count). The van der Waals surface area contributed by atoms with E-state index >= 15 is 0 Å². The lowest BCUT2D eigenvalue weighted by atomic mass is 10.0. The van der Waals surface area contributed by atoms with Crippen LogP contribution in [0.15, 0.2) is 129 Å². The predicted octanol–water partition coefficient (Wildman–Crippen LogP) is 12.1. The molecule has 0 bridgehead atoms. The molecule has 12 heterocycles. The summed E-state index contributed by atoms with van der Waals surface area (Å²) in [5.41, 5.74) is 9.25. The third-order valence-corrected chi connectivity index (χ3v) is 24.1. The van der Waals surface area contributed by atoms with Crippen molar-refractivity contribution in [2.45, 2.75) is 121 Å². The van der Waals surface area contributed by atoms with Gasteiger partial charge in [-0.3, -0.25) is 29.3 Å². The highest BCUT2D eigenvalue weighted by atomic mass is 35.5. The van der Waals surface area contributed by atoms with Crippen molar-refractivity contribution in [3.8, 4) is 18.0 Å². The van der Waals surface area contributed by atoms with Crippen LogP contribution in [0.2, 0.25) is 5.02 Å². The first kappa shape index (κ1) is 95.0. The molecule has 3 atom stereocenters. The molecule has 6 fully saturated rings. The van der Waals surface area contributed by atoms with E-state index in [0.29, 0.717) is 170 Å². The molecule has 0 spiro atoms. The van der Waals surface area contributed by atoms with E-state index in [1.807, 2.05) is 53.8 Å². The number of benzene rings is 3. The zero-order valence-corrected chi connectivity index (χ0v) is 75.3. The monoisotopic (exact) mass is 1840 g/mol. The number of nitrogens with zero attached hydrogens (tertiary/aromatic N) is 21. The number of pyridine rings is 3. The summed E-state index contributed by atoms with van der Waals surface area (Å²) in [6, 6.07) is 16.2. The SMILES string of the molecule is S.S.S.[C-]#[N+]C[C@H]1CN(c2nc(OCCOC3CC3)nc3c2CCN(c2cncc4cccc(C)c24)C3)CCN1C(=O)C(=C)F.[C-]#[N+]C[C@H]1CN(c2nc(OCCOC3CC3)nc3c2CCN(c2cncc4cccc(Cl)c24)C3)CCN1C(=O)C(=C)F.[C-]#[N+]C[C@H]1CN(c2nc(OCCOC3CC3)nc3c2CCN(c2cncc4cccc(F)c24)C3)CCN1C(=O)C(=C)F. The topological polar surface area (TPSA) is 265 Å². The molecule has 9 aromatic rings. The summed E-state index contributed by atoms with van der Waals surface area (Å²) in [6.45, 7) is 42.7. The molecule has 3 saturated heterocycles. The number of piperazine rings is 3. The summed E-state index contributed by atoms with van der Waals surface area (Å²) in [5.74, 6) is -3.59. The van der Waals surface area contributed by atoms with Crippen LogP contribution in [0.1, 0.15) is 77.9 Å². The summed E-state index contributed by atoms with van der Waals surface area (Å²) in [4.78, 5) is 107. The molecule has 3 amide bonds. The van der Waals surface area contributed by atoms with Gasteiger partial charge in [-0.15, -0.1) is 0 Å². The molecule has 3 saturated carbocycles. The van der Waals surface area contributed by atoms with Gasteiger partial charge in [0.15, 0.2) is 17.5 Å². The van der Waals surface area contributed by atoms with E-state index in [4.69, 9.17) is 89.6 Å². The van der Waals surface area contributed by atoms with Crippen molar-refractivity contribution >= 4 is 137 Å². The zero-order valence-electron chi connectivity index (χ0n) is 71.5. The van der Waals surface area contributed by atoms with E-state index < -0.39 is 53.3 Å². The maximum Gasteiger partial charge on any atom is 0.318 e. The molecule has 0 radical (unpaired) electrons. The quantitative estimate of drug-likeness (QED) is 0.0200. The van der Waals surface area contributed by atoms with Crippen molar-refractivity contribution in [3.63, 3.8) is 0 Å². The average Bonchev–Trinajstić information content (AvgIpc) is 1.38. The van der Waals surface area contributed by atoms with Crippen LogP contribution in [0, 0.1) is 32.5 Å². The number of halogens is 5. The van der Waals surface area contributed by atoms with Gasteiger partial charge in [-0.2, -0.15) is 70.4 Å². The second kappa shape index (κ2) is 43.2. The highest BCUT2D eigenvalue weighted by Crippen LogP contribution is 2.42. The molecule has 6 aromatic heterocycles. The summed E-state index contributed by atoms with van der Waals surface area (Å²) in [6.07, 6.45) is 20.1. The molecule has 6 aliphatic heterocycles. The van der Waals surface area contributed by atoms with Crippen molar-refractivity contribution in [2.24, 2.45) is 0 Å². The number of anilines is 6. The van der Waals surface area contributed by atoms with E-state index in [-0.39, 0.29) is 110 Å². The Hall–Kier alpha value is -11.6. The Morgan fingerprint density at radius 3 is 1.10 bits per heavy atom. The van der Waals surface area contributed by atoms with Gasteiger partial charge in [0.2, 0.25) is 19.6 Å². The molecular formula is C91H102ClF4N21O9S3. The van der Waals surface area contributed by atoms with Crippen molar-refractivity contribution in [3.05, 3.63) is 213 Å². The fourth-order valence-corrected chi connectivity index (χ4v) is 17.4. The largest absolute Gasteiger partial charge is 0.461 e. The molecule has 30 nitrogen and oxygen atoms in total. The molecule has 0 unspecified atom stereocenters. The third-order valence-electron chi connectivity index (χ3n) is 23.8. The Balaban J connectivity index is 0.000000163. The predicted molar refractivity (Wildman–Crippen MR) is 498 cm³/mol. The Kier molecular flexibility index (Phi) is 31.8. The van der Waals surface area contributed by atoms with Crippen molar-refractivity contribution < 1.29 is 60.4 Å². The molecule has 129 heavy (non-hydrogen) atoms. The minimum Gasteiger partial charge on any atom is -0.461 e. The minimum absolute atomic E-state index is 0. The van der Waals surface area contributed by atoms with E-state index in [1.165, 1.54) is 31.7 Å². The van der Waals surface area contributed by atoms with Gasteiger partial charge in [0.25, 0.3) is 17.7 Å². The summed E-state index contributed by atoms with van der Waals surface area (Å²) >= 11 is 6.63. The molecule has 38 heteroatoms. The Morgan fingerprint density at radius 1 is 0.426 bits per heavy atom. The highest BCUT2D eigenvalue weighted by molar-refractivity contribution is 7.59. The maximum atomic E-state index is 14.9. The number of amides is 3. The number of carbonyl (C=O) groups excluding carboxylic acids is 3. The number of aromatic nitrogens is 9. The van der Waals surface area contributed by atoms with Gasteiger partial charge in [-0.1, -0.05) is 73.8 Å². The summed E-state index contributed by atoms with van der Waals surface area (Å²) < 4.78 is 91.3. The van der Waals surface area contributed by atoms with Crippen LogP contribution in [0.5, 0.6) is 18.0 Å². The normalized spacial score (nSPS) is 18.1.